The zero-order chi connectivity index (χ0) is 22.1. The number of halogens is 6. The van der Waals surface area contributed by atoms with E-state index in [-0.39, 0.29) is 29.8 Å². The van der Waals surface area contributed by atoms with E-state index in [1.54, 1.807) is 0 Å². The van der Waals surface area contributed by atoms with Gasteiger partial charge in [-0.25, -0.2) is 4.68 Å². The van der Waals surface area contributed by atoms with Gasteiger partial charge in [0.1, 0.15) is 18.7 Å². The molecule has 0 aromatic carbocycles. The van der Waals surface area contributed by atoms with Gasteiger partial charge in [0.05, 0.1) is 11.4 Å². The minimum Gasteiger partial charge on any atom is -0.472 e. The van der Waals surface area contributed by atoms with Gasteiger partial charge in [-0.05, 0) is 12.1 Å². The lowest BCUT2D eigenvalue weighted by molar-refractivity contribution is -0.142. The van der Waals surface area contributed by atoms with E-state index in [0.717, 1.165) is 4.68 Å². The quantitative estimate of drug-likeness (QED) is 0.438. The average Bonchev–Trinajstić information content (AvgIpc) is 3.22. The summed E-state index contributed by atoms with van der Waals surface area (Å²) in [6.45, 7) is -1.73. The van der Waals surface area contributed by atoms with E-state index in [4.69, 9.17) is 4.74 Å². The third-order valence-corrected chi connectivity index (χ3v) is 3.96. The molecule has 30 heavy (non-hydrogen) atoms. The van der Waals surface area contributed by atoms with Crippen LogP contribution in [0.5, 0.6) is 5.88 Å². The summed E-state index contributed by atoms with van der Waals surface area (Å²) in [6, 6.07) is 4.28. The molecule has 0 radical (unpaired) electrons. The van der Waals surface area contributed by atoms with Crippen LogP contribution in [0.25, 0.3) is 11.4 Å². The highest BCUT2D eigenvalue weighted by molar-refractivity contribution is 5.80. The SMILES string of the molecule is Cn1nc(C(F)(F)F)c(C=O)c1OCc1cccnc1-c1ccnn1CC(F)(F)F. The minimum atomic E-state index is -4.86. The molecule has 3 rings (SSSR count). The highest BCUT2D eigenvalue weighted by atomic mass is 19.4. The molecule has 0 fully saturated rings. The number of hydrogen-bond donors (Lipinski definition) is 0. The number of aldehydes is 1. The van der Waals surface area contributed by atoms with E-state index >= 15 is 0 Å². The second kappa shape index (κ2) is 7.80. The molecule has 160 valence electrons. The van der Waals surface area contributed by atoms with Gasteiger partial charge in [-0.15, -0.1) is 0 Å². The fraction of sp³-hybridized carbons (Fsp3) is 0.294. The van der Waals surface area contributed by atoms with Gasteiger partial charge in [-0.1, -0.05) is 6.07 Å². The molecule has 0 spiro atoms. The summed E-state index contributed by atoms with van der Waals surface area (Å²) in [5, 5.41) is 6.91. The molecule has 0 bridgehead atoms. The van der Waals surface area contributed by atoms with Crippen LogP contribution in [0.15, 0.2) is 30.6 Å². The van der Waals surface area contributed by atoms with E-state index in [0.29, 0.717) is 4.68 Å². The number of carbonyl (C=O) groups excluding carboxylic acids is 1. The molecule has 3 aromatic rings. The van der Waals surface area contributed by atoms with Crippen molar-refractivity contribution in [2.75, 3.05) is 0 Å². The van der Waals surface area contributed by atoms with E-state index < -0.39 is 36.0 Å². The summed E-state index contributed by atoms with van der Waals surface area (Å²) >= 11 is 0. The molecule has 0 unspecified atom stereocenters. The molecule has 3 aromatic heterocycles. The molecule has 7 nitrogen and oxygen atoms in total. The van der Waals surface area contributed by atoms with Crippen LogP contribution in [-0.4, -0.2) is 37.0 Å². The number of aromatic nitrogens is 5. The fourth-order valence-corrected chi connectivity index (χ4v) is 2.77. The van der Waals surface area contributed by atoms with Crippen molar-refractivity contribution in [3.8, 4) is 17.3 Å². The fourth-order valence-electron chi connectivity index (χ4n) is 2.77. The molecule has 0 atom stereocenters. The Morgan fingerprint density at radius 2 is 1.87 bits per heavy atom. The first-order valence-corrected chi connectivity index (χ1v) is 8.26. The normalized spacial score (nSPS) is 12.2. The third kappa shape index (κ3) is 4.44. The number of pyridine rings is 1. The highest BCUT2D eigenvalue weighted by Gasteiger charge is 2.39. The van der Waals surface area contributed by atoms with E-state index in [2.05, 4.69) is 15.2 Å². The van der Waals surface area contributed by atoms with Gasteiger partial charge in [0.2, 0.25) is 5.88 Å². The van der Waals surface area contributed by atoms with Crippen LogP contribution >= 0.6 is 0 Å². The van der Waals surface area contributed by atoms with E-state index in [1.807, 2.05) is 0 Å². The van der Waals surface area contributed by atoms with Gasteiger partial charge < -0.3 is 4.74 Å². The van der Waals surface area contributed by atoms with Crippen LogP contribution < -0.4 is 4.74 Å². The molecule has 0 N–H and O–H groups in total. The van der Waals surface area contributed by atoms with Crippen molar-refractivity contribution in [1.82, 2.24) is 24.5 Å². The molecule has 0 saturated heterocycles. The Labute approximate surface area is 164 Å². The largest absolute Gasteiger partial charge is 0.472 e. The van der Waals surface area contributed by atoms with Gasteiger partial charge in [0, 0.05) is 25.0 Å². The van der Waals surface area contributed by atoms with Crippen molar-refractivity contribution in [2.24, 2.45) is 7.05 Å². The second-order valence-corrected chi connectivity index (χ2v) is 6.10. The maximum atomic E-state index is 13.0. The van der Waals surface area contributed by atoms with E-state index in [1.165, 1.54) is 37.6 Å². The Bertz CT molecular complexity index is 1050. The Balaban J connectivity index is 1.93. The van der Waals surface area contributed by atoms with Gasteiger partial charge in [-0.3, -0.25) is 14.5 Å². The lowest BCUT2D eigenvalue weighted by atomic mass is 10.1. The zero-order valence-corrected chi connectivity index (χ0v) is 15.2. The maximum Gasteiger partial charge on any atom is 0.436 e. The minimum absolute atomic E-state index is 0.0201. The predicted molar refractivity (Wildman–Crippen MR) is 89.4 cm³/mol. The van der Waals surface area contributed by atoms with Gasteiger partial charge in [0.15, 0.2) is 12.0 Å². The molecule has 0 aliphatic carbocycles. The maximum absolute atomic E-state index is 13.0. The first kappa shape index (κ1) is 21.3. The molecular formula is C17H13F6N5O2. The molecular weight excluding hydrogens is 420 g/mol. The van der Waals surface area contributed by atoms with Crippen molar-refractivity contribution in [3.63, 3.8) is 0 Å². The topological polar surface area (TPSA) is 74.8 Å². The number of hydrogen-bond acceptors (Lipinski definition) is 5. The lowest BCUT2D eigenvalue weighted by Gasteiger charge is -2.13. The standard InChI is InChI=1S/C17H13F6N5O2/c1-27-15(11(7-29)14(26-27)17(21,22)23)30-8-10-3-2-5-24-13(10)12-4-6-25-28(12)9-16(18,19)20/h2-7H,8-9H2,1H3. The van der Waals surface area contributed by atoms with Crippen molar-refractivity contribution >= 4 is 6.29 Å². The first-order valence-electron chi connectivity index (χ1n) is 8.26. The summed E-state index contributed by atoms with van der Waals surface area (Å²) in [5.74, 6) is -0.434. The van der Waals surface area contributed by atoms with Crippen LogP contribution in [0.4, 0.5) is 26.3 Å². The Hall–Kier alpha value is -3.38. The Morgan fingerprint density at radius 3 is 2.50 bits per heavy atom. The van der Waals surface area contributed by atoms with Crippen molar-refractivity contribution in [1.29, 1.82) is 0 Å². The van der Waals surface area contributed by atoms with Gasteiger partial charge in [-0.2, -0.15) is 36.5 Å². The van der Waals surface area contributed by atoms with Crippen LogP contribution in [-0.2, 0) is 26.4 Å². The van der Waals surface area contributed by atoms with E-state index in [9.17, 15) is 31.1 Å². The molecule has 0 aliphatic heterocycles. The number of nitrogens with zero attached hydrogens (tertiary/aromatic N) is 5. The third-order valence-electron chi connectivity index (χ3n) is 3.96. The summed E-state index contributed by atoms with van der Waals surface area (Å²) in [6.07, 6.45) is -6.89. The molecule has 0 amide bonds. The number of carbonyl (C=O) groups is 1. The Kier molecular flexibility index (Phi) is 5.55. The number of ether oxygens (including phenoxy) is 1. The summed E-state index contributed by atoms with van der Waals surface area (Å²) in [7, 11) is 1.17. The van der Waals surface area contributed by atoms with Crippen LogP contribution in [0.3, 0.4) is 0 Å². The molecule has 13 heteroatoms. The lowest BCUT2D eigenvalue weighted by Crippen LogP contribution is -2.19. The number of rotatable bonds is 6. The van der Waals surface area contributed by atoms with Gasteiger partial charge in [0.25, 0.3) is 0 Å². The van der Waals surface area contributed by atoms with Crippen molar-refractivity contribution in [2.45, 2.75) is 25.5 Å². The Morgan fingerprint density at radius 1 is 1.13 bits per heavy atom. The van der Waals surface area contributed by atoms with Crippen LogP contribution in [0.1, 0.15) is 21.6 Å². The first-order chi connectivity index (χ1) is 14.0. The predicted octanol–water partition coefficient (Wildman–Crippen LogP) is 3.65. The zero-order valence-electron chi connectivity index (χ0n) is 15.2. The summed E-state index contributed by atoms with van der Waals surface area (Å²) < 4.78 is 84.2. The van der Waals surface area contributed by atoms with Crippen LogP contribution in [0, 0.1) is 0 Å². The smallest absolute Gasteiger partial charge is 0.436 e. The highest BCUT2D eigenvalue weighted by Crippen LogP contribution is 2.35. The number of alkyl halides is 6. The summed E-state index contributed by atoms with van der Waals surface area (Å²) in [4.78, 5) is 15.2. The van der Waals surface area contributed by atoms with Crippen molar-refractivity contribution in [3.05, 3.63) is 47.4 Å². The van der Waals surface area contributed by atoms with Gasteiger partial charge >= 0.3 is 12.4 Å². The second-order valence-electron chi connectivity index (χ2n) is 6.10. The molecule has 3 heterocycles. The summed E-state index contributed by atoms with van der Waals surface area (Å²) in [5.41, 5.74) is -1.76. The molecule has 0 aliphatic rings. The average molecular weight is 433 g/mol. The van der Waals surface area contributed by atoms with Crippen molar-refractivity contribution < 1.29 is 35.9 Å². The molecule has 0 saturated carbocycles. The number of aryl methyl sites for hydroxylation is 1. The van der Waals surface area contributed by atoms with Crippen LogP contribution in [0.2, 0.25) is 0 Å². The monoisotopic (exact) mass is 433 g/mol.